The third-order valence-corrected chi connectivity index (χ3v) is 4.16. The van der Waals surface area contributed by atoms with Gasteiger partial charge in [-0.3, -0.25) is 0 Å². The minimum atomic E-state index is -0.0577. The van der Waals surface area contributed by atoms with Gasteiger partial charge in [0.1, 0.15) is 0 Å². The van der Waals surface area contributed by atoms with Crippen LogP contribution in [-0.2, 0) is 0 Å². The Morgan fingerprint density at radius 2 is 2.00 bits per heavy atom. The van der Waals surface area contributed by atoms with Crippen LogP contribution in [0, 0.1) is 0 Å². The topological polar surface area (TPSA) is 114 Å². The monoisotopic (exact) mass is 389 g/mol. The summed E-state index contributed by atoms with van der Waals surface area (Å²) in [4.78, 5) is 4.42. The van der Waals surface area contributed by atoms with Crippen LogP contribution in [-0.4, -0.2) is 28.4 Å². The molecular formula is C16H16BrN5O2. The summed E-state index contributed by atoms with van der Waals surface area (Å²) in [5, 5.41) is 14.4. The van der Waals surface area contributed by atoms with Crippen molar-refractivity contribution < 1.29 is 9.63 Å². The van der Waals surface area contributed by atoms with Gasteiger partial charge in [-0.05, 0) is 46.3 Å². The quantitative estimate of drug-likeness (QED) is 0.348. The Balaban J connectivity index is 1.91. The SMILES string of the molecule is Nc1cc(-c2noc(-c3ccccc3Br)n2)ccc1N(N)CCO. The smallest absolute Gasteiger partial charge is 0.259 e. The molecule has 0 amide bonds. The number of aliphatic hydroxyl groups is 1. The summed E-state index contributed by atoms with van der Waals surface area (Å²) in [5.41, 5.74) is 8.67. The van der Waals surface area contributed by atoms with Crippen LogP contribution in [0.3, 0.4) is 0 Å². The number of benzene rings is 2. The fraction of sp³-hybridized carbons (Fsp3) is 0.125. The number of anilines is 2. The Labute approximate surface area is 147 Å². The molecule has 0 saturated heterocycles. The molecule has 0 spiro atoms. The Morgan fingerprint density at radius 3 is 2.71 bits per heavy atom. The predicted octanol–water partition coefficient (Wildman–Crippen LogP) is 2.42. The minimum Gasteiger partial charge on any atom is -0.397 e. The summed E-state index contributed by atoms with van der Waals surface area (Å²) in [5.74, 6) is 6.68. The summed E-state index contributed by atoms with van der Waals surface area (Å²) in [6.07, 6.45) is 0. The van der Waals surface area contributed by atoms with Crippen LogP contribution in [0.2, 0.25) is 0 Å². The number of nitrogens with zero attached hydrogens (tertiary/aromatic N) is 3. The van der Waals surface area contributed by atoms with Gasteiger partial charge in [-0.25, -0.2) is 5.84 Å². The van der Waals surface area contributed by atoms with Crippen molar-refractivity contribution in [2.24, 2.45) is 5.84 Å². The Bertz CT molecular complexity index is 852. The summed E-state index contributed by atoms with van der Waals surface area (Å²) in [6, 6.07) is 12.9. The van der Waals surface area contributed by atoms with Crippen LogP contribution in [0.5, 0.6) is 0 Å². The van der Waals surface area contributed by atoms with Crippen LogP contribution in [0.15, 0.2) is 51.5 Å². The van der Waals surface area contributed by atoms with Gasteiger partial charge >= 0.3 is 0 Å². The maximum absolute atomic E-state index is 8.96. The van der Waals surface area contributed by atoms with Crippen LogP contribution >= 0.6 is 15.9 Å². The van der Waals surface area contributed by atoms with E-state index in [-0.39, 0.29) is 13.2 Å². The van der Waals surface area contributed by atoms with Crippen molar-refractivity contribution >= 4 is 27.3 Å². The number of hydrogen-bond acceptors (Lipinski definition) is 7. The molecule has 0 aliphatic carbocycles. The summed E-state index contributed by atoms with van der Waals surface area (Å²) in [6.45, 7) is 0.232. The van der Waals surface area contributed by atoms with Crippen LogP contribution < -0.4 is 16.6 Å². The van der Waals surface area contributed by atoms with Crippen molar-refractivity contribution in [1.29, 1.82) is 0 Å². The van der Waals surface area contributed by atoms with Gasteiger partial charge in [-0.1, -0.05) is 17.3 Å². The van der Waals surface area contributed by atoms with E-state index in [4.69, 9.17) is 21.2 Å². The summed E-state index contributed by atoms with van der Waals surface area (Å²) in [7, 11) is 0. The highest BCUT2D eigenvalue weighted by molar-refractivity contribution is 9.10. The van der Waals surface area contributed by atoms with Crippen LogP contribution in [0.4, 0.5) is 11.4 Å². The normalized spacial score (nSPS) is 10.8. The molecule has 0 unspecified atom stereocenters. The van der Waals surface area contributed by atoms with Crippen molar-refractivity contribution in [2.45, 2.75) is 0 Å². The van der Waals surface area contributed by atoms with Gasteiger partial charge in [-0.2, -0.15) is 4.98 Å². The first-order chi connectivity index (χ1) is 11.6. The molecule has 0 aliphatic rings. The second-order valence-corrected chi connectivity index (χ2v) is 5.95. The van der Waals surface area contributed by atoms with E-state index in [9.17, 15) is 0 Å². The number of hydrogen-bond donors (Lipinski definition) is 3. The molecule has 1 heterocycles. The average molecular weight is 390 g/mol. The van der Waals surface area contributed by atoms with E-state index in [0.717, 1.165) is 15.6 Å². The molecule has 0 fully saturated rings. The standard InChI is InChI=1S/C16H16BrN5O2/c17-12-4-2-1-3-11(12)16-20-15(21-24-16)10-5-6-14(13(18)9-10)22(19)7-8-23/h1-6,9,23H,7-8,18-19H2. The molecule has 3 rings (SSSR count). The lowest BCUT2D eigenvalue weighted by molar-refractivity contribution is 0.302. The third-order valence-electron chi connectivity index (χ3n) is 3.47. The molecule has 8 heteroatoms. The zero-order valence-electron chi connectivity index (χ0n) is 12.7. The first-order valence-corrected chi connectivity index (χ1v) is 8.01. The zero-order chi connectivity index (χ0) is 17.1. The molecule has 0 radical (unpaired) electrons. The highest BCUT2D eigenvalue weighted by Gasteiger charge is 2.14. The van der Waals surface area contributed by atoms with E-state index in [1.165, 1.54) is 5.01 Å². The molecule has 7 nitrogen and oxygen atoms in total. The second kappa shape index (κ2) is 7.00. The van der Waals surface area contributed by atoms with E-state index in [1.54, 1.807) is 18.2 Å². The Kier molecular flexibility index (Phi) is 4.79. The molecule has 0 saturated carbocycles. The van der Waals surface area contributed by atoms with E-state index in [2.05, 4.69) is 26.1 Å². The molecule has 0 bridgehead atoms. The zero-order valence-corrected chi connectivity index (χ0v) is 14.3. The fourth-order valence-corrected chi connectivity index (χ4v) is 2.72. The molecule has 5 N–H and O–H groups in total. The first-order valence-electron chi connectivity index (χ1n) is 7.21. The van der Waals surface area contributed by atoms with E-state index in [1.807, 2.05) is 24.3 Å². The Hall–Kier alpha value is -2.42. The maximum Gasteiger partial charge on any atom is 0.259 e. The number of nitrogen functional groups attached to an aromatic ring is 1. The lowest BCUT2D eigenvalue weighted by Crippen LogP contribution is -2.34. The number of aromatic nitrogens is 2. The van der Waals surface area contributed by atoms with Gasteiger partial charge in [0.15, 0.2) is 0 Å². The van der Waals surface area contributed by atoms with Gasteiger partial charge in [0, 0.05) is 10.0 Å². The van der Waals surface area contributed by atoms with Crippen molar-refractivity contribution in [2.75, 3.05) is 23.9 Å². The van der Waals surface area contributed by atoms with Gasteiger partial charge in [0.25, 0.3) is 5.89 Å². The maximum atomic E-state index is 8.96. The van der Waals surface area contributed by atoms with Gasteiger partial charge in [0.05, 0.1) is 30.1 Å². The number of halogens is 1. The van der Waals surface area contributed by atoms with Crippen molar-refractivity contribution in [3.05, 3.63) is 46.9 Å². The first kappa shape index (κ1) is 16.4. The largest absolute Gasteiger partial charge is 0.397 e. The van der Waals surface area contributed by atoms with Gasteiger partial charge < -0.3 is 20.4 Å². The molecule has 1 aromatic heterocycles. The van der Waals surface area contributed by atoms with Gasteiger partial charge in [0.2, 0.25) is 5.82 Å². The fourth-order valence-electron chi connectivity index (χ4n) is 2.27. The number of aliphatic hydroxyl groups excluding tert-OH is 1. The highest BCUT2D eigenvalue weighted by Crippen LogP contribution is 2.30. The number of rotatable bonds is 5. The summed E-state index contributed by atoms with van der Waals surface area (Å²) < 4.78 is 6.21. The van der Waals surface area contributed by atoms with Crippen LogP contribution in [0.1, 0.15) is 0 Å². The van der Waals surface area contributed by atoms with Gasteiger partial charge in [-0.15, -0.1) is 0 Å². The third kappa shape index (κ3) is 3.25. The molecule has 2 aromatic carbocycles. The summed E-state index contributed by atoms with van der Waals surface area (Å²) >= 11 is 3.46. The molecule has 24 heavy (non-hydrogen) atoms. The van der Waals surface area contributed by atoms with Crippen molar-refractivity contribution in [3.63, 3.8) is 0 Å². The lowest BCUT2D eigenvalue weighted by Gasteiger charge is -2.19. The van der Waals surface area contributed by atoms with E-state index in [0.29, 0.717) is 23.1 Å². The van der Waals surface area contributed by atoms with Crippen molar-refractivity contribution in [3.8, 4) is 22.8 Å². The average Bonchev–Trinajstić information content (AvgIpc) is 3.05. The highest BCUT2D eigenvalue weighted by atomic mass is 79.9. The van der Waals surface area contributed by atoms with Crippen molar-refractivity contribution in [1.82, 2.24) is 10.1 Å². The minimum absolute atomic E-state index is 0.0577. The second-order valence-electron chi connectivity index (χ2n) is 5.09. The molecule has 0 atom stereocenters. The molecule has 124 valence electrons. The lowest BCUT2D eigenvalue weighted by atomic mass is 10.1. The Morgan fingerprint density at radius 1 is 1.21 bits per heavy atom. The number of nitrogens with two attached hydrogens (primary N) is 2. The molecule has 3 aromatic rings. The van der Waals surface area contributed by atoms with E-state index < -0.39 is 0 Å². The number of hydrazine groups is 1. The molecular weight excluding hydrogens is 374 g/mol. The van der Waals surface area contributed by atoms with E-state index >= 15 is 0 Å². The molecule has 0 aliphatic heterocycles. The predicted molar refractivity (Wildman–Crippen MR) is 95.9 cm³/mol. The van der Waals surface area contributed by atoms with Crippen LogP contribution in [0.25, 0.3) is 22.8 Å².